The van der Waals surface area contributed by atoms with Gasteiger partial charge in [-0.3, -0.25) is 19.8 Å². The maximum atomic E-state index is 13.7. The molecule has 1 N–H and O–H groups in total. The Kier molecular flexibility index (Phi) is 6.74. The van der Waals surface area contributed by atoms with Crippen LogP contribution in [-0.4, -0.2) is 41.5 Å². The van der Waals surface area contributed by atoms with E-state index in [-0.39, 0.29) is 23.5 Å². The molecule has 0 aliphatic carbocycles. The van der Waals surface area contributed by atoms with Gasteiger partial charge in [0.1, 0.15) is 6.61 Å². The summed E-state index contributed by atoms with van der Waals surface area (Å²) in [6.45, 7) is 0.774. The van der Waals surface area contributed by atoms with Crippen LogP contribution in [0.25, 0.3) is 0 Å². The van der Waals surface area contributed by atoms with Crippen molar-refractivity contribution >= 4 is 50.7 Å². The van der Waals surface area contributed by atoms with Crippen molar-refractivity contribution < 1.29 is 19.2 Å². The van der Waals surface area contributed by atoms with E-state index >= 15 is 0 Å². The summed E-state index contributed by atoms with van der Waals surface area (Å²) in [7, 11) is 1.53. The summed E-state index contributed by atoms with van der Waals surface area (Å²) >= 11 is 15.9. The number of carbonyl (C=O) groups is 1. The van der Waals surface area contributed by atoms with Gasteiger partial charge in [0.25, 0.3) is 11.9 Å². The molecular formula is C28H24BrCl2N3O5. The van der Waals surface area contributed by atoms with Gasteiger partial charge in [0.05, 0.1) is 17.5 Å². The number of nitro groups is 1. The summed E-state index contributed by atoms with van der Waals surface area (Å²) in [5.41, 5.74) is 1.37. The fourth-order valence-electron chi connectivity index (χ4n) is 6.64. The number of nitrogens with one attached hydrogen (secondary N) is 1. The number of amides is 1. The van der Waals surface area contributed by atoms with Gasteiger partial charge in [0.2, 0.25) is 0 Å². The Morgan fingerprint density at radius 2 is 2.00 bits per heavy atom. The fourth-order valence-corrected chi connectivity index (χ4v) is 7.67. The van der Waals surface area contributed by atoms with Crippen LogP contribution in [0.3, 0.4) is 0 Å². The van der Waals surface area contributed by atoms with Gasteiger partial charge >= 0.3 is 0 Å². The molecular weight excluding hydrogens is 609 g/mol. The van der Waals surface area contributed by atoms with Crippen molar-refractivity contribution in [1.29, 1.82) is 0 Å². The Morgan fingerprint density at radius 3 is 2.74 bits per heavy atom. The van der Waals surface area contributed by atoms with Crippen molar-refractivity contribution in [3.05, 3.63) is 95.9 Å². The Morgan fingerprint density at radius 1 is 1.21 bits per heavy atom. The number of anilines is 1. The quantitative estimate of drug-likeness (QED) is 0.250. The number of nitrogens with zero attached hydrogens (tertiary/aromatic N) is 2. The monoisotopic (exact) mass is 631 g/mol. The summed E-state index contributed by atoms with van der Waals surface area (Å²) in [5, 5.41) is 16.8. The van der Waals surface area contributed by atoms with Crippen molar-refractivity contribution in [3.63, 3.8) is 0 Å². The highest BCUT2D eigenvalue weighted by Gasteiger charge is 2.73. The number of halogens is 3. The van der Waals surface area contributed by atoms with E-state index in [0.717, 1.165) is 18.4 Å². The highest BCUT2D eigenvalue weighted by Crippen LogP contribution is 2.58. The summed E-state index contributed by atoms with van der Waals surface area (Å²) in [5.74, 6) is -0.0202. The fraction of sp³-hybridized carbons (Fsp3) is 0.321. The minimum atomic E-state index is -1.38. The third-order valence-electron chi connectivity index (χ3n) is 8.12. The molecule has 3 aliphatic rings. The molecule has 2 saturated heterocycles. The van der Waals surface area contributed by atoms with E-state index in [4.69, 9.17) is 32.7 Å². The lowest BCUT2D eigenvalue weighted by molar-refractivity contribution is -0.534. The Balaban J connectivity index is 1.42. The van der Waals surface area contributed by atoms with E-state index in [1.807, 2.05) is 24.3 Å². The van der Waals surface area contributed by atoms with Crippen LogP contribution in [0.4, 0.5) is 5.69 Å². The van der Waals surface area contributed by atoms with Gasteiger partial charge in [0.15, 0.2) is 17.0 Å². The molecule has 1 spiro atoms. The second-order valence-corrected chi connectivity index (χ2v) is 11.7. The Labute approximate surface area is 243 Å². The number of carbonyl (C=O) groups excluding carboxylic acids is 1. The Hall–Kier alpha value is -2.85. The lowest BCUT2D eigenvalue weighted by Gasteiger charge is -2.32. The average molecular weight is 633 g/mol. The van der Waals surface area contributed by atoms with E-state index in [2.05, 4.69) is 26.1 Å². The van der Waals surface area contributed by atoms with Crippen molar-refractivity contribution in [2.24, 2.45) is 0 Å². The van der Waals surface area contributed by atoms with Crippen molar-refractivity contribution in [2.45, 2.75) is 43.0 Å². The minimum absolute atomic E-state index is 0.168. The number of hydrogen-bond donors (Lipinski definition) is 1. The number of para-hydroxylation sites is 1. The van der Waals surface area contributed by atoms with E-state index in [1.54, 1.807) is 30.3 Å². The Bertz CT molecular complexity index is 1500. The molecule has 3 aromatic carbocycles. The lowest BCUT2D eigenvalue weighted by Crippen LogP contribution is -2.55. The van der Waals surface area contributed by atoms with Crippen LogP contribution in [0, 0.1) is 10.1 Å². The first-order valence-electron chi connectivity index (χ1n) is 12.5. The number of hydrogen-bond acceptors (Lipinski definition) is 6. The minimum Gasteiger partial charge on any atom is -0.493 e. The molecule has 0 saturated carbocycles. The van der Waals surface area contributed by atoms with E-state index in [1.165, 1.54) is 7.11 Å². The number of rotatable bonds is 6. The second kappa shape index (κ2) is 9.96. The highest BCUT2D eigenvalue weighted by atomic mass is 79.9. The topological polar surface area (TPSA) is 93.9 Å². The molecule has 0 aromatic heterocycles. The largest absolute Gasteiger partial charge is 0.493 e. The number of fused-ring (bicyclic) bond motifs is 4. The van der Waals surface area contributed by atoms with Gasteiger partial charge in [-0.2, -0.15) is 0 Å². The summed E-state index contributed by atoms with van der Waals surface area (Å²) in [4.78, 5) is 28.3. The molecule has 39 heavy (non-hydrogen) atoms. The normalized spacial score (nSPS) is 25.4. The van der Waals surface area contributed by atoms with E-state index < -0.39 is 17.5 Å². The maximum absolute atomic E-state index is 13.7. The third-order valence-corrected chi connectivity index (χ3v) is 9.29. The summed E-state index contributed by atoms with van der Waals surface area (Å²) < 4.78 is 12.4. The molecule has 1 amide bonds. The first-order valence-corrected chi connectivity index (χ1v) is 14.1. The second-order valence-electron chi connectivity index (χ2n) is 9.98. The molecule has 3 aromatic rings. The molecule has 0 unspecified atom stereocenters. The van der Waals surface area contributed by atoms with Crippen LogP contribution in [0.1, 0.15) is 35.4 Å². The summed E-state index contributed by atoms with van der Waals surface area (Å²) in [6.07, 6.45) is 1.60. The third kappa shape index (κ3) is 4.01. The maximum Gasteiger partial charge on any atom is 0.256 e. The highest BCUT2D eigenvalue weighted by molar-refractivity contribution is 9.10. The van der Waals surface area contributed by atoms with E-state index in [9.17, 15) is 14.9 Å². The van der Waals surface area contributed by atoms with Crippen molar-refractivity contribution in [1.82, 2.24) is 4.90 Å². The standard InChI is InChI=1S/C28H24BrCl2N3O5/c1-38-23-12-16(11-19(29)25(23)39-14-15-8-9-17(30)13-20(15)31)24-22-7-4-10-33(22)28(26(24)34(36)37)18-5-2-3-6-21(18)32-27(28)35/h2-3,5-6,8-9,11-13,22,24,26H,4,7,10,14H2,1H3,(H,32,35)/t22-,24+,26+,28+/m0/s1. The number of ether oxygens (including phenoxy) is 2. The molecule has 3 heterocycles. The molecule has 202 valence electrons. The van der Waals surface area contributed by atoms with Crippen LogP contribution in [-0.2, 0) is 16.9 Å². The smallest absolute Gasteiger partial charge is 0.256 e. The average Bonchev–Trinajstić information content (AvgIpc) is 3.57. The van der Waals surface area contributed by atoms with Crippen LogP contribution >= 0.6 is 39.1 Å². The number of methoxy groups -OCH3 is 1. The number of benzene rings is 3. The molecule has 0 radical (unpaired) electrons. The van der Waals surface area contributed by atoms with Crippen LogP contribution in [0.15, 0.2) is 59.1 Å². The lowest BCUT2D eigenvalue weighted by atomic mass is 9.77. The van der Waals surface area contributed by atoms with E-state index in [0.29, 0.717) is 49.4 Å². The zero-order valence-electron chi connectivity index (χ0n) is 20.8. The molecule has 0 bridgehead atoms. The first-order chi connectivity index (χ1) is 18.8. The van der Waals surface area contributed by atoms with Crippen molar-refractivity contribution in [3.8, 4) is 11.5 Å². The van der Waals surface area contributed by atoms with Gasteiger partial charge in [-0.25, -0.2) is 0 Å². The molecule has 11 heteroatoms. The van der Waals surface area contributed by atoms with Gasteiger partial charge in [-0.15, -0.1) is 0 Å². The van der Waals surface area contributed by atoms with Gasteiger partial charge < -0.3 is 14.8 Å². The molecule has 3 aliphatic heterocycles. The first kappa shape index (κ1) is 26.4. The predicted molar refractivity (Wildman–Crippen MR) is 151 cm³/mol. The van der Waals surface area contributed by atoms with Crippen LogP contribution < -0.4 is 14.8 Å². The molecule has 6 rings (SSSR count). The van der Waals surface area contributed by atoms with Gasteiger partial charge in [-0.05, 0) is 64.7 Å². The van der Waals surface area contributed by atoms with Crippen molar-refractivity contribution in [2.75, 3.05) is 19.0 Å². The zero-order valence-corrected chi connectivity index (χ0v) is 23.9. The zero-order chi connectivity index (χ0) is 27.5. The molecule has 8 nitrogen and oxygen atoms in total. The summed E-state index contributed by atoms with van der Waals surface area (Å²) in [6, 6.07) is 14.7. The predicted octanol–water partition coefficient (Wildman–Crippen LogP) is 6.40. The molecule has 2 fully saturated rings. The van der Waals surface area contributed by atoms with Gasteiger partial charge in [0, 0.05) is 44.4 Å². The van der Waals surface area contributed by atoms with Gasteiger partial charge in [-0.1, -0.05) is 47.5 Å². The SMILES string of the molecule is COc1cc([C@@H]2[C@@H]3CCCN3[C@@]3(C(=O)Nc4ccccc43)[C@@H]2[N+](=O)[O-])cc(Br)c1OCc1ccc(Cl)cc1Cl. The van der Waals surface area contributed by atoms with Crippen LogP contribution in [0.2, 0.25) is 10.0 Å². The van der Waals surface area contributed by atoms with Crippen LogP contribution in [0.5, 0.6) is 11.5 Å². The molecule has 4 atom stereocenters.